The molecule has 172 valence electrons. The van der Waals surface area contributed by atoms with E-state index in [4.69, 9.17) is 28.4 Å². The fraction of sp³-hybridized carbons (Fsp3) is 0.652. The molecular weight excluding hydrogens is 404 g/mol. The van der Waals surface area contributed by atoms with E-state index in [1.54, 1.807) is 7.11 Å². The third-order valence-electron chi connectivity index (χ3n) is 5.95. The molecule has 8 nitrogen and oxygen atoms in total. The number of benzene rings is 1. The molecule has 0 aromatic heterocycles. The summed E-state index contributed by atoms with van der Waals surface area (Å²) in [5.41, 5.74) is -0.000749. The summed E-state index contributed by atoms with van der Waals surface area (Å²) >= 11 is 0. The molecule has 0 bridgehead atoms. The van der Waals surface area contributed by atoms with Gasteiger partial charge in [0, 0.05) is 21.0 Å². The Kier molecular flexibility index (Phi) is 8.05. The molecule has 0 amide bonds. The van der Waals surface area contributed by atoms with Gasteiger partial charge >= 0.3 is 11.9 Å². The molecule has 31 heavy (non-hydrogen) atoms. The van der Waals surface area contributed by atoms with Gasteiger partial charge in [-0.25, -0.2) is 0 Å². The lowest BCUT2D eigenvalue weighted by Gasteiger charge is -2.47. The maximum absolute atomic E-state index is 11.9. The minimum Gasteiger partial charge on any atom is -0.453 e. The number of esters is 2. The second-order valence-electron chi connectivity index (χ2n) is 8.13. The Morgan fingerprint density at radius 1 is 1.06 bits per heavy atom. The van der Waals surface area contributed by atoms with Crippen LogP contribution in [0.4, 0.5) is 0 Å². The van der Waals surface area contributed by atoms with Gasteiger partial charge in [-0.05, 0) is 24.3 Å². The third kappa shape index (κ3) is 5.26. The normalized spacial score (nSPS) is 32.7. The van der Waals surface area contributed by atoms with Crippen molar-refractivity contribution in [1.29, 1.82) is 0 Å². The molecule has 3 unspecified atom stereocenters. The van der Waals surface area contributed by atoms with Crippen LogP contribution in [0.25, 0.3) is 0 Å². The molecule has 3 rings (SSSR count). The molecule has 1 aromatic carbocycles. The molecule has 1 spiro atoms. The first-order chi connectivity index (χ1) is 14.9. The monoisotopic (exact) mass is 436 g/mol. The van der Waals surface area contributed by atoms with E-state index < -0.39 is 36.0 Å². The number of rotatable bonds is 8. The van der Waals surface area contributed by atoms with Crippen molar-refractivity contribution >= 4 is 11.9 Å². The number of carbonyl (C=O) groups excluding carboxylic acids is 2. The van der Waals surface area contributed by atoms with Crippen molar-refractivity contribution < 1.29 is 38.0 Å². The van der Waals surface area contributed by atoms with Crippen molar-refractivity contribution in [3.63, 3.8) is 0 Å². The minimum atomic E-state index is -1.09. The van der Waals surface area contributed by atoms with Crippen molar-refractivity contribution in [1.82, 2.24) is 0 Å². The van der Waals surface area contributed by atoms with E-state index in [1.807, 2.05) is 30.3 Å². The Bertz CT molecular complexity index is 738. The maximum Gasteiger partial charge on any atom is 0.305 e. The Morgan fingerprint density at radius 3 is 2.42 bits per heavy atom. The molecule has 2 fully saturated rings. The zero-order valence-corrected chi connectivity index (χ0v) is 18.6. The van der Waals surface area contributed by atoms with Crippen LogP contribution in [0, 0.1) is 5.92 Å². The Labute approximate surface area is 183 Å². The van der Waals surface area contributed by atoms with Crippen LogP contribution in [0.1, 0.15) is 45.6 Å². The van der Waals surface area contributed by atoms with Crippen molar-refractivity contribution in [2.24, 2.45) is 5.92 Å². The van der Waals surface area contributed by atoms with Gasteiger partial charge in [0.15, 0.2) is 6.10 Å². The van der Waals surface area contributed by atoms with Crippen molar-refractivity contribution in [3.05, 3.63) is 35.9 Å². The number of hydrogen-bond donors (Lipinski definition) is 0. The first-order valence-electron chi connectivity index (χ1n) is 10.7. The van der Waals surface area contributed by atoms with E-state index in [0.29, 0.717) is 0 Å². The predicted molar refractivity (Wildman–Crippen MR) is 110 cm³/mol. The van der Waals surface area contributed by atoms with Gasteiger partial charge in [-0.1, -0.05) is 43.7 Å². The molecule has 0 radical (unpaired) electrons. The maximum atomic E-state index is 11.9. The lowest BCUT2D eigenvalue weighted by Crippen LogP contribution is -2.60. The quantitative estimate of drug-likeness (QED) is 0.454. The van der Waals surface area contributed by atoms with Gasteiger partial charge < -0.3 is 28.4 Å². The zero-order valence-electron chi connectivity index (χ0n) is 18.6. The summed E-state index contributed by atoms with van der Waals surface area (Å²) in [6.45, 7) is 5.03. The largest absolute Gasteiger partial charge is 0.453 e. The highest BCUT2D eigenvalue weighted by atomic mass is 16.8. The highest BCUT2D eigenvalue weighted by Gasteiger charge is 2.66. The summed E-state index contributed by atoms with van der Waals surface area (Å²) in [5.74, 6) is -1.03. The summed E-state index contributed by atoms with van der Waals surface area (Å²) < 4.78 is 35.0. The fourth-order valence-corrected chi connectivity index (χ4v) is 4.68. The lowest BCUT2D eigenvalue weighted by molar-refractivity contribution is -0.261. The lowest BCUT2D eigenvalue weighted by atomic mass is 9.70. The molecule has 6 atom stereocenters. The number of ether oxygens (including phenoxy) is 6. The van der Waals surface area contributed by atoms with Crippen molar-refractivity contribution in [3.8, 4) is 0 Å². The number of hydrogen-bond acceptors (Lipinski definition) is 8. The average Bonchev–Trinajstić information content (AvgIpc) is 3.01. The molecule has 2 aliphatic rings. The van der Waals surface area contributed by atoms with Gasteiger partial charge in [0.2, 0.25) is 6.29 Å². The topological polar surface area (TPSA) is 89.5 Å². The van der Waals surface area contributed by atoms with Crippen LogP contribution in [0.3, 0.4) is 0 Å². The van der Waals surface area contributed by atoms with E-state index in [0.717, 1.165) is 24.8 Å². The summed E-state index contributed by atoms with van der Waals surface area (Å²) in [5, 5.41) is 0. The van der Waals surface area contributed by atoms with Gasteiger partial charge in [0.25, 0.3) is 0 Å². The van der Waals surface area contributed by atoms with E-state index in [-0.39, 0.29) is 25.4 Å². The molecule has 1 aliphatic carbocycles. The molecular formula is C23H32O8. The Morgan fingerprint density at radius 2 is 1.77 bits per heavy atom. The molecule has 1 aromatic rings. The highest BCUT2D eigenvalue weighted by molar-refractivity contribution is 5.67. The number of carbonyl (C=O) groups is 2. The van der Waals surface area contributed by atoms with E-state index >= 15 is 0 Å². The first-order valence-corrected chi connectivity index (χ1v) is 10.7. The Hall–Kier alpha value is -2.00. The third-order valence-corrected chi connectivity index (χ3v) is 5.95. The van der Waals surface area contributed by atoms with Crippen molar-refractivity contribution in [2.45, 2.75) is 76.8 Å². The van der Waals surface area contributed by atoms with Crippen LogP contribution in [-0.2, 0) is 44.6 Å². The van der Waals surface area contributed by atoms with Crippen LogP contribution in [0.2, 0.25) is 0 Å². The number of methoxy groups -OCH3 is 1. The zero-order chi connectivity index (χ0) is 22.4. The summed E-state index contributed by atoms with van der Waals surface area (Å²) in [6.07, 6.45) is -0.539. The van der Waals surface area contributed by atoms with Crippen LogP contribution in [-0.4, -0.2) is 56.0 Å². The second kappa shape index (κ2) is 10.5. The standard InChI is InChI=1S/C23H32O8/c1-15-9-8-12-19(28-14-26-4)23(15)21(27-13-18-10-6-5-7-11-18)20(29-16(2)24)22(31-23)30-17(3)25/h5-7,10-11,15,19-22H,8-9,12-14H2,1-4H3/t15?,19-,20+,21+,22?,23?/m0/s1. The van der Waals surface area contributed by atoms with E-state index in [9.17, 15) is 9.59 Å². The van der Waals surface area contributed by atoms with Crippen LogP contribution < -0.4 is 0 Å². The molecule has 0 N–H and O–H groups in total. The molecule has 8 heteroatoms. The van der Waals surface area contributed by atoms with Crippen LogP contribution in [0.5, 0.6) is 0 Å². The minimum absolute atomic E-state index is 0.00231. The average molecular weight is 437 g/mol. The predicted octanol–water partition coefficient (Wildman–Crippen LogP) is 2.97. The van der Waals surface area contributed by atoms with Gasteiger partial charge in [-0.15, -0.1) is 0 Å². The van der Waals surface area contributed by atoms with Crippen LogP contribution >= 0.6 is 0 Å². The van der Waals surface area contributed by atoms with E-state index in [2.05, 4.69) is 6.92 Å². The molecule has 1 heterocycles. The van der Waals surface area contributed by atoms with Crippen LogP contribution in [0.15, 0.2) is 30.3 Å². The molecule has 1 saturated heterocycles. The van der Waals surface area contributed by atoms with Gasteiger partial charge in [-0.2, -0.15) is 0 Å². The fourth-order valence-electron chi connectivity index (χ4n) is 4.68. The summed E-state index contributed by atoms with van der Waals surface area (Å²) in [6, 6.07) is 9.70. The SMILES string of the molecule is COCO[C@H]1CCCC(C)C12OC(OC(C)=O)[C@H](OC(C)=O)[C@H]2OCc1ccccc1. The summed E-state index contributed by atoms with van der Waals surface area (Å²) in [4.78, 5) is 23.7. The molecule has 1 saturated carbocycles. The van der Waals surface area contributed by atoms with Crippen molar-refractivity contribution in [2.75, 3.05) is 13.9 Å². The van der Waals surface area contributed by atoms with Gasteiger partial charge in [0.1, 0.15) is 18.5 Å². The Balaban J connectivity index is 1.98. The molecule has 1 aliphatic heterocycles. The van der Waals surface area contributed by atoms with Gasteiger partial charge in [-0.3, -0.25) is 9.59 Å². The highest BCUT2D eigenvalue weighted by Crippen LogP contribution is 2.49. The van der Waals surface area contributed by atoms with E-state index in [1.165, 1.54) is 13.8 Å². The first kappa shape index (κ1) is 23.7. The smallest absolute Gasteiger partial charge is 0.305 e. The summed E-state index contributed by atoms with van der Waals surface area (Å²) in [7, 11) is 1.56. The second-order valence-corrected chi connectivity index (χ2v) is 8.13. The van der Waals surface area contributed by atoms with Gasteiger partial charge in [0.05, 0.1) is 12.7 Å².